The summed E-state index contributed by atoms with van der Waals surface area (Å²) in [5, 5.41) is 0. The number of halogens is 2. The van der Waals surface area contributed by atoms with Crippen molar-refractivity contribution < 1.29 is 17.0 Å². The molecule has 0 rings (SSSR count). The highest BCUT2D eigenvalue weighted by molar-refractivity contribution is 6.16. The molecule has 0 spiro atoms. The minimum Gasteiger partial charge on any atom is -1.00 e. The number of rotatable bonds is 1. The molecule has 0 bridgehead atoms. The summed E-state index contributed by atoms with van der Waals surface area (Å²) in [5.74, 6) is 0. The van der Waals surface area contributed by atoms with Crippen molar-refractivity contribution >= 4 is 18.3 Å². The van der Waals surface area contributed by atoms with Gasteiger partial charge in [0.25, 0.3) is 0 Å². The van der Waals surface area contributed by atoms with Crippen molar-refractivity contribution in [1.29, 1.82) is 0 Å². The monoisotopic (exact) mass is 127 g/mol. The van der Waals surface area contributed by atoms with Crippen LogP contribution in [-0.4, -0.2) is 24.3 Å². The lowest BCUT2D eigenvalue weighted by atomic mass is 11.1. The van der Waals surface area contributed by atoms with Gasteiger partial charge in [0.05, 0.1) is 0 Å². The zero-order valence-electron chi connectivity index (χ0n) is 3.62. The fraction of sp³-hybridized carbons (Fsp3) is 0.667. The first-order valence-corrected chi connectivity index (χ1v) is 1.88. The minimum atomic E-state index is 0. The van der Waals surface area contributed by atoms with Crippen LogP contribution >= 0.6 is 11.6 Å². The summed E-state index contributed by atoms with van der Waals surface area (Å²) in [6.45, 7) is 3.46. The van der Waals surface area contributed by atoms with Crippen LogP contribution in [-0.2, 0) is 0 Å². The molecule has 38 valence electrons. The molecular weight excluding hydrogens is 121 g/mol. The molecule has 0 radical (unpaired) electrons. The van der Waals surface area contributed by atoms with E-state index in [1.165, 1.54) is 0 Å². The molecule has 0 heterocycles. The first-order chi connectivity index (χ1) is 2.27. The zero-order chi connectivity index (χ0) is 4.28. The van der Waals surface area contributed by atoms with E-state index in [9.17, 15) is 0 Å². The summed E-state index contributed by atoms with van der Waals surface area (Å²) in [7, 11) is 1.81. The molecule has 0 saturated heterocycles. The lowest BCUT2D eigenvalue weighted by Gasteiger charge is -1.75. The molecule has 0 saturated carbocycles. The third-order valence-corrected chi connectivity index (χ3v) is 0.612. The van der Waals surface area contributed by atoms with E-state index in [1.54, 1.807) is 4.58 Å². The van der Waals surface area contributed by atoms with Gasteiger partial charge in [0.15, 0.2) is 0 Å². The summed E-state index contributed by atoms with van der Waals surface area (Å²) >= 11 is 5.20. The fourth-order valence-corrected chi connectivity index (χ4v) is 0. The van der Waals surface area contributed by atoms with E-state index in [2.05, 4.69) is 6.72 Å². The molecule has 0 N–H and O–H groups in total. The van der Waals surface area contributed by atoms with Gasteiger partial charge in [-0.15, -0.1) is 0 Å². The molecule has 3 heteroatoms. The van der Waals surface area contributed by atoms with Gasteiger partial charge >= 0.3 is 0 Å². The Labute approximate surface area is 49.0 Å². The van der Waals surface area contributed by atoms with Gasteiger partial charge in [-0.05, 0) is 0 Å². The van der Waals surface area contributed by atoms with E-state index < -0.39 is 0 Å². The molecule has 6 heavy (non-hydrogen) atoms. The largest absolute Gasteiger partial charge is 1.00 e. The number of nitrogens with zero attached hydrogens (tertiary/aromatic N) is 1. The first kappa shape index (κ1) is 9.54. The molecule has 0 aliphatic carbocycles. The van der Waals surface area contributed by atoms with Crippen LogP contribution in [0.3, 0.4) is 0 Å². The predicted octanol–water partition coefficient (Wildman–Crippen LogP) is -2.47. The van der Waals surface area contributed by atoms with Crippen LogP contribution in [0.2, 0.25) is 0 Å². The van der Waals surface area contributed by atoms with Crippen LogP contribution in [0.1, 0.15) is 0 Å². The second-order valence-corrected chi connectivity index (χ2v) is 1.21. The average Bonchev–Trinajstić information content (AvgIpc) is 1.38. The highest BCUT2D eigenvalue weighted by Crippen LogP contribution is 1.66. The van der Waals surface area contributed by atoms with Gasteiger partial charge < -0.3 is 12.4 Å². The quantitative estimate of drug-likeness (QED) is 0.159. The van der Waals surface area contributed by atoms with Crippen LogP contribution in [0, 0.1) is 0 Å². The molecule has 0 amide bonds. The number of alkyl halides is 1. The molecule has 0 unspecified atom stereocenters. The SMILES string of the molecule is C=[N+](C)CCl.[Cl-]. The lowest BCUT2D eigenvalue weighted by molar-refractivity contribution is -0.468. The van der Waals surface area contributed by atoms with E-state index in [0.29, 0.717) is 6.00 Å². The summed E-state index contributed by atoms with van der Waals surface area (Å²) in [4.78, 5) is 0. The second-order valence-electron chi connectivity index (χ2n) is 0.976. The summed E-state index contributed by atoms with van der Waals surface area (Å²) in [6, 6.07) is 0.500. The molecule has 0 aromatic carbocycles. The van der Waals surface area contributed by atoms with Gasteiger partial charge in [-0.2, -0.15) is 0 Å². The Morgan fingerprint density at radius 2 is 2.00 bits per heavy atom. The van der Waals surface area contributed by atoms with Crippen molar-refractivity contribution in [1.82, 2.24) is 0 Å². The van der Waals surface area contributed by atoms with Crippen LogP contribution < -0.4 is 12.4 Å². The molecule has 0 aromatic heterocycles. The normalized spacial score (nSPS) is 6.33. The molecule has 1 nitrogen and oxygen atoms in total. The fourth-order valence-electron chi connectivity index (χ4n) is 0. The molecule has 0 aromatic rings. The minimum absolute atomic E-state index is 0. The Kier molecular flexibility index (Phi) is 8.35. The maximum atomic E-state index is 5.20. The molecule has 0 aliphatic heterocycles. The Balaban J connectivity index is 0. The van der Waals surface area contributed by atoms with Crippen molar-refractivity contribution in [3.05, 3.63) is 0 Å². The number of hydrogen-bond acceptors (Lipinski definition) is 0. The third kappa shape index (κ3) is 8.87. The standard InChI is InChI=1S/C3H7ClN.ClH/c1-5(2)3-4;/h1,3H2,2H3;1H/q+1;/p-1. The smallest absolute Gasteiger partial charge is 0.216 e. The Morgan fingerprint density at radius 3 is 2.00 bits per heavy atom. The van der Waals surface area contributed by atoms with Crippen molar-refractivity contribution in [3.63, 3.8) is 0 Å². The van der Waals surface area contributed by atoms with Crippen LogP contribution in [0.4, 0.5) is 0 Å². The highest BCUT2D eigenvalue weighted by Gasteiger charge is 1.74. The maximum absolute atomic E-state index is 5.20. The van der Waals surface area contributed by atoms with Gasteiger partial charge in [0.2, 0.25) is 6.00 Å². The van der Waals surface area contributed by atoms with Gasteiger partial charge in [-0.1, -0.05) is 11.6 Å². The Morgan fingerprint density at radius 1 is 1.83 bits per heavy atom. The Hall–Kier alpha value is 0.250. The Bertz CT molecular complexity index is 44.1. The van der Waals surface area contributed by atoms with Crippen LogP contribution in [0.5, 0.6) is 0 Å². The highest BCUT2D eigenvalue weighted by atomic mass is 35.5. The van der Waals surface area contributed by atoms with Crippen molar-refractivity contribution in [2.45, 2.75) is 0 Å². The molecular formula is C3H7Cl2N. The predicted molar refractivity (Wildman–Crippen MR) is 24.0 cm³/mol. The van der Waals surface area contributed by atoms with Crippen molar-refractivity contribution in [2.75, 3.05) is 13.1 Å². The zero-order valence-corrected chi connectivity index (χ0v) is 5.13. The molecule has 0 fully saturated rings. The van der Waals surface area contributed by atoms with Gasteiger partial charge in [0.1, 0.15) is 13.8 Å². The summed E-state index contributed by atoms with van der Waals surface area (Å²) < 4.78 is 1.64. The van der Waals surface area contributed by atoms with Crippen LogP contribution in [0.15, 0.2) is 0 Å². The van der Waals surface area contributed by atoms with Gasteiger partial charge in [0, 0.05) is 0 Å². The molecule has 0 atom stereocenters. The van der Waals surface area contributed by atoms with Crippen LogP contribution in [0.25, 0.3) is 0 Å². The van der Waals surface area contributed by atoms with Crippen molar-refractivity contribution in [2.24, 2.45) is 0 Å². The van der Waals surface area contributed by atoms with Gasteiger partial charge in [-0.25, -0.2) is 4.58 Å². The maximum Gasteiger partial charge on any atom is 0.216 e. The average molecular weight is 128 g/mol. The van der Waals surface area contributed by atoms with E-state index in [4.69, 9.17) is 11.6 Å². The van der Waals surface area contributed by atoms with Crippen molar-refractivity contribution in [3.8, 4) is 0 Å². The topological polar surface area (TPSA) is 3.01 Å². The third-order valence-electron chi connectivity index (χ3n) is 0.204. The van der Waals surface area contributed by atoms with Gasteiger partial charge in [-0.3, -0.25) is 0 Å². The molecule has 0 aliphatic rings. The summed E-state index contributed by atoms with van der Waals surface area (Å²) in [5.41, 5.74) is 0. The second kappa shape index (κ2) is 5.25. The lowest BCUT2D eigenvalue weighted by Crippen LogP contribution is -3.00. The summed E-state index contributed by atoms with van der Waals surface area (Å²) in [6.07, 6.45) is 0. The van der Waals surface area contributed by atoms with E-state index in [-0.39, 0.29) is 12.4 Å². The first-order valence-electron chi connectivity index (χ1n) is 1.35. The van der Waals surface area contributed by atoms with E-state index >= 15 is 0 Å². The van der Waals surface area contributed by atoms with E-state index in [0.717, 1.165) is 0 Å². The van der Waals surface area contributed by atoms with E-state index in [1.807, 2.05) is 7.05 Å². The number of hydrogen-bond donors (Lipinski definition) is 0.